The van der Waals surface area contributed by atoms with Crippen molar-refractivity contribution in [1.82, 2.24) is 4.90 Å². The lowest BCUT2D eigenvalue weighted by Gasteiger charge is -2.38. The topological polar surface area (TPSA) is 12.5 Å². The van der Waals surface area contributed by atoms with Crippen LogP contribution in [0.3, 0.4) is 0 Å². The molecule has 2 heterocycles. The van der Waals surface area contributed by atoms with Gasteiger partial charge in [0.2, 0.25) is 0 Å². The lowest BCUT2D eigenvalue weighted by atomic mass is 9.97. The van der Waals surface area contributed by atoms with Gasteiger partial charge in [0.25, 0.3) is 0 Å². The standard InChI is InChI=1S/C21H24ClNO.ClH/c1-23-18-11-12-19(23)14-20(13-18)24-21(15-5-3-2-4-6-15)16-7-9-17(22)10-8-16;/h2-10,18-21H,11-14H2,1H3;1H/t18-,19+,20?,21-;/m1./s1. The van der Waals surface area contributed by atoms with Gasteiger partial charge >= 0.3 is 0 Å². The first-order valence-corrected chi connectivity index (χ1v) is 9.26. The number of halogens is 2. The zero-order valence-electron chi connectivity index (χ0n) is 14.5. The molecule has 4 rings (SSSR count). The van der Waals surface area contributed by atoms with Gasteiger partial charge in [-0.05, 0) is 56.0 Å². The minimum Gasteiger partial charge on any atom is -0.365 e. The number of nitrogens with zero attached hydrogens (tertiary/aromatic N) is 1. The van der Waals surface area contributed by atoms with Crippen LogP contribution >= 0.6 is 24.0 Å². The van der Waals surface area contributed by atoms with E-state index in [0.717, 1.165) is 17.9 Å². The molecule has 0 aliphatic carbocycles. The van der Waals surface area contributed by atoms with Gasteiger partial charge in [-0.3, -0.25) is 0 Å². The third-order valence-electron chi connectivity index (χ3n) is 5.66. The van der Waals surface area contributed by atoms with Crippen LogP contribution < -0.4 is 0 Å². The Morgan fingerprint density at radius 1 is 0.920 bits per heavy atom. The maximum Gasteiger partial charge on any atom is 0.108 e. The summed E-state index contributed by atoms with van der Waals surface area (Å²) in [5.74, 6) is 0. The first-order chi connectivity index (χ1) is 11.7. The van der Waals surface area contributed by atoms with Gasteiger partial charge in [-0.2, -0.15) is 0 Å². The molecule has 2 nitrogen and oxygen atoms in total. The zero-order valence-corrected chi connectivity index (χ0v) is 16.0. The van der Waals surface area contributed by atoms with E-state index in [1.165, 1.54) is 24.0 Å². The Kier molecular flexibility index (Phi) is 6.06. The molecule has 2 saturated heterocycles. The van der Waals surface area contributed by atoms with Crippen LogP contribution in [0, 0.1) is 0 Å². The highest BCUT2D eigenvalue weighted by atomic mass is 35.5. The van der Waals surface area contributed by atoms with E-state index in [9.17, 15) is 0 Å². The van der Waals surface area contributed by atoms with Gasteiger partial charge in [-0.1, -0.05) is 54.1 Å². The van der Waals surface area contributed by atoms with Crippen LogP contribution in [0.4, 0.5) is 0 Å². The van der Waals surface area contributed by atoms with Crippen LogP contribution in [0.5, 0.6) is 0 Å². The Balaban J connectivity index is 0.00000182. The molecule has 2 aliphatic heterocycles. The van der Waals surface area contributed by atoms with Gasteiger partial charge in [-0.25, -0.2) is 0 Å². The number of benzene rings is 2. The molecular weight excluding hydrogens is 353 g/mol. The van der Waals surface area contributed by atoms with Crippen molar-refractivity contribution in [3.05, 3.63) is 70.7 Å². The average Bonchev–Trinajstić information content (AvgIpc) is 2.83. The molecule has 25 heavy (non-hydrogen) atoms. The Hall–Kier alpha value is -1.06. The summed E-state index contributed by atoms with van der Waals surface area (Å²) in [4.78, 5) is 2.56. The molecule has 4 atom stereocenters. The van der Waals surface area contributed by atoms with Crippen molar-refractivity contribution in [2.24, 2.45) is 0 Å². The number of hydrogen-bond donors (Lipinski definition) is 0. The summed E-state index contributed by atoms with van der Waals surface area (Å²) < 4.78 is 6.66. The molecule has 4 heteroatoms. The summed E-state index contributed by atoms with van der Waals surface area (Å²) in [6, 6.07) is 20.0. The summed E-state index contributed by atoms with van der Waals surface area (Å²) in [6.07, 6.45) is 5.24. The van der Waals surface area contributed by atoms with Gasteiger partial charge in [0, 0.05) is 17.1 Å². The Morgan fingerprint density at radius 2 is 1.48 bits per heavy atom. The van der Waals surface area contributed by atoms with Crippen molar-refractivity contribution >= 4 is 24.0 Å². The zero-order chi connectivity index (χ0) is 16.5. The van der Waals surface area contributed by atoms with Gasteiger partial charge in [-0.15, -0.1) is 12.4 Å². The Morgan fingerprint density at radius 3 is 2.08 bits per heavy atom. The molecule has 0 amide bonds. The summed E-state index contributed by atoms with van der Waals surface area (Å²) in [6.45, 7) is 0. The van der Waals surface area contributed by atoms with E-state index in [-0.39, 0.29) is 18.5 Å². The van der Waals surface area contributed by atoms with E-state index in [1.807, 2.05) is 12.1 Å². The second kappa shape index (κ2) is 8.09. The predicted molar refractivity (Wildman–Crippen MR) is 106 cm³/mol. The highest BCUT2D eigenvalue weighted by Crippen LogP contribution is 2.38. The highest BCUT2D eigenvalue weighted by molar-refractivity contribution is 6.30. The number of ether oxygens (including phenoxy) is 1. The van der Waals surface area contributed by atoms with E-state index in [0.29, 0.717) is 18.2 Å². The van der Waals surface area contributed by atoms with E-state index in [2.05, 4.69) is 54.4 Å². The third-order valence-corrected chi connectivity index (χ3v) is 5.91. The molecule has 134 valence electrons. The summed E-state index contributed by atoms with van der Waals surface area (Å²) >= 11 is 6.07. The van der Waals surface area contributed by atoms with Crippen molar-refractivity contribution in [3.8, 4) is 0 Å². The average molecular weight is 378 g/mol. The quantitative estimate of drug-likeness (QED) is 0.697. The van der Waals surface area contributed by atoms with Crippen molar-refractivity contribution in [1.29, 1.82) is 0 Å². The predicted octanol–water partition coefficient (Wildman–Crippen LogP) is 5.49. The molecule has 0 spiro atoms. The highest BCUT2D eigenvalue weighted by Gasteiger charge is 2.39. The number of rotatable bonds is 4. The van der Waals surface area contributed by atoms with Crippen LogP contribution in [-0.2, 0) is 4.74 Å². The van der Waals surface area contributed by atoms with E-state index >= 15 is 0 Å². The molecule has 0 radical (unpaired) electrons. The maximum atomic E-state index is 6.66. The smallest absolute Gasteiger partial charge is 0.108 e. The van der Waals surface area contributed by atoms with Crippen LogP contribution in [0.1, 0.15) is 42.9 Å². The maximum absolute atomic E-state index is 6.66. The van der Waals surface area contributed by atoms with Crippen LogP contribution in [0.2, 0.25) is 5.02 Å². The lowest BCUT2D eigenvalue weighted by molar-refractivity contribution is -0.0426. The Labute approximate surface area is 161 Å². The van der Waals surface area contributed by atoms with Crippen LogP contribution in [0.25, 0.3) is 0 Å². The normalized spacial score (nSPS) is 26.9. The Bertz CT molecular complexity index is 662. The van der Waals surface area contributed by atoms with Crippen LogP contribution in [-0.4, -0.2) is 30.1 Å². The molecule has 2 fully saturated rings. The molecule has 2 aliphatic rings. The second-order valence-electron chi connectivity index (χ2n) is 7.12. The molecule has 0 aromatic heterocycles. The van der Waals surface area contributed by atoms with Gasteiger partial charge in [0.15, 0.2) is 0 Å². The molecule has 2 bridgehead atoms. The summed E-state index contributed by atoms with van der Waals surface area (Å²) in [7, 11) is 2.27. The fourth-order valence-corrected chi connectivity index (χ4v) is 4.41. The number of fused-ring (bicyclic) bond motifs is 2. The molecule has 0 saturated carbocycles. The van der Waals surface area contributed by atoms with E-state index in [4.69, 9.17) is 16.3 Å². The SMILES string of the molecule is CN1[C@@H]2CC[C@H]1CC(O[C@H](c1ccccc1)c1ccc(Cl)cc1)C2.Cl. The van der Waals surface area contributed by atoms with Crippen molar-refractivity contribution in [3.63, 3.8) is 0 Å². The second-order valence-corrected chi connectivity index (χ2v) is 7.56. The first kappa shape index (κ1) is 18.7. The molecule has 2 aromatic rings. The largest absolute Gasteiger partial charge is 0.365 e. The number of piperidine rings is 1. The van der Waals surface area contributed by atoms with Gasteiger partial charge < -0.3 is 9.64 Å². The third kappa shape index (κ3) is 4.03. The molecular formula is C21H25Cl2NO. The van der Waals surface area contributed by atoms with Gasteiger partial charge in [0.05, 0.1) is 6.10 Å². The monoisotopic (exact) mass is 377 g/mol. The van der Waals surface area contributed by atoms with Gasteiger partial charge in [0.1, 0.15) is 6.10 Å². The van der Waals surface area contributed by atoms with Crippen molar-refractivity contribution in [2.75, 3.05) is 7.05 Å². The molecule has 0 N–H and O–H groups in total. The van der Waals surface area contributed by atoms with E-state index < -0.39 is 0 Å². The number of hydrogen-bond acceptors (Lipinski definition) is 2. The van der Waals surface area contributed by atoms with Crippen LogP contribution in [0.15, 0.2) is 54.6 Å². The fourth-order valence-electron chi connectivity index (χ4n) is 4.28. The minimum absolute atomic E-state index is 0. The van der Waals surface area contributed by atoms with E-state index in [1.54, 1.807) is 0 Å². The fraction of sp³-hybridized carbons (Fsp3) is 0.429. The van der Waals surface area contributed by atoms with Crippen molar-refractivity contribution in [2.45, 2.75) is 50.0 Å². The minimum atomic E-state index is -0.0173. The molecule has 2 aromatic carbocycles. The summed E-state index contributed by atoms with van der Waals surface area (Å²) in [5.41, 5.74) is 2.39. The first-order valence-electron chi connectivity index (χ1n) is 8.88. The lowest BCUT2D eigenvalue weighted by Crippen LogP contribution is -2.43. The molecule has 1 unspecified atom stereocenters. The van der Waals surface area contributed by atoms with Crippen molar-refractivity contribution < 1.29 is 4.74 Å². The summed E-state index contributed by atoms with van der Waals surface area (Å²) in [5, 5.41) is 0.767.